The van der Waals surface area contributed by atoms with Crippen LogP contribution in [0.2, 0.25) is 0 Å². The molecule has 2 aromatic heterocycles. The van der Waals surface area contributed by atoms with Gasteiger partial charge in [0.05, 0.1) is 0 Å². The summed E-state index contributed by atoms with van der Waals surface area (Å²) in [6, 6.07) is 5.65. The molecule has 6 heteroatoms. The Bertz CT molecular complexity index is 599. The van der Waals surface area contributed by atoms with Crippen molar-refractivity contribution in [1.29, 1.82) is 0 Å². The number of pyridine rings is 1. The van der Waals surface area contributed by atoms with E-state index in [9.17, 15) is 4.79 Å². The first-order chi connectivity index (χ1) is 9.19. The van der Waals surface area contributed by atoms with E-state index in [0.717, 1.165) is 17.1 Å². The Morgan fingerprint density at radius 1 is 1.37 bits per heavy atom. The summed E-state index contributed by atoms with van der Waals surface area (Å²) in [6.45, 7) is 5.10. The molecule has 19 heavy (non-hydrogen) atoms. The minimum Gasteiger partial charge on any atom is -0.310 e. The van der Waals surface area contributed by atoms with Crippen molar-refractivity contribution in [2.45, 2.75) is 30.1 Å². The first kappa shape index (κ1) is 13.8. The highest BCUT2D eigenvalue weighted by Crippen LogP contribution is 2.23. The van der Waals surface area contributed by atoms with E-state index in [1.807, 2.05) is 12.1 Å². The van der Waals surface area contributed by atoms with Crippen LogP contribution in [-0.2, 0) is 0 Å². The Hall–Kier alpha value is -1.66. The number of hydrogen-bond donors (Lipinski definition) is 2. The van der Waals surface area contributed by atoms with E-state index in [-0.39, 0.29) is 11.6 Å². The number of aromatic nitrogens is 3. The van der Waals surface area contributed by atoms with E-state index in [2.05, 4.69) is 34.1 Å². The number of H-pyrrole nitrogens is 1. The van der Waals surface area contributed by atoms with Gasteiger partial charge in [0.25, 0.3) is 5.56 Å². The average molecular weight is 276 g/mol. The highest BCUT2D eigenvalue weighted by Gasteiger charge is 2.07. The molecule has 0 spiro atoms. The lowest BCUT2D eigenvalue weighted by Crippen LogP contribution is -2.17. The zero-order valence-electron chi connectivity index (χ0n) is 10.9. The molecule has 1 atom stereocenters. The molecule has 2 heterocycles. The minimum absolute atomic E-state index is 0.158. The summed E-state index contributed by atoms with van der Waals surface area (Å²) in [7, 11) is 0. The molecular formula is C13H16N4OS. The molecule has 0 fully saturated rings. The fraction of sp³-hybridized carbons (Fsp3) is 0.308. The molecule has 0 aliphatic heterocycles. The van der Waals surface area contributed by atoms with Gasteiger partial charge in [0.2, 0.25) is 0 Å². The maximum atomic E-state index is 11.2. The molecule has 0 amide bonds. The molecule has 2 aromatic rings. The van der Waals surface area contributed by atoms with E-state index < -0.39 is 0 Å². The Labute approximate surface area is 115 Å². The van der Waals surface area contributed by atoms with E-state index in [0.29, 0.717) is 5.16 Å². The lowest BCUT2D eigenvalue weighted by Gasteiger charge is -2.13. The largest absolute Gasteiger partial charge is 0.310 e. The molecule has 0 radical (unpaired) electrons. The standard InChI is InChI=1S/C13H16N4OS/c1-3-14-9(2)10-4-6-15-12(8-10)19-13-16-7-5-11(18)17-13/h4-9,14H,3H2,1-2H3,(H,16,17,18). The normalized spacial score (nSPS) is 12.3. The van der Waals surface area contributed by atoms with Gasteiger partial charge in [-0.15, -0.1) is 0 Å². The topological polar surface area (TPSA) is 70.7 Å². The van der Waals surface area contributed by atoms with Crippen LogP contribution in [0.25, 0.3) is 0 Å². The zero-order valence-corrected chi connectivity index (χ0v) is 11.7. The third kappa shape index (κ3) is 3.90. The minimum atomic E-state index is -0.158. The van der Waals surface area contributed by atoms with Crippen molar-refractivity contribution in [2.75, 3.05) is 6.54 Å². The second kappa shape index (κ2) is 6.49. The van der Waals surface area contributed by atoms with E-state index in [1.165, 1.54) is 24.0 Å². The molecule has 0 bridgehead atoms. The van der Waals surface area contributed by atoms with Gasteiger partial charge in [-0.2, -0.15) is 0 Å². The van der Waals surface area contributed by atoms with Crippen LogP contribution in [0, 0.1) is 0 Å². The summed E-state index contributed by atoms with van der Waals surface area (Å²) in [5.74, 6) is 0. The van der Waals surface area contributed by atoms with Crippen LogP contribution in [0.15, 0.2) is 45.6 Å². The van der Waals surface area contributed by atoms with Gasteiger partial charge in [0, 0.05) is 24.5 Å². The maximum Gasteiger partial charge on any atom is 0.251 e. The summed E-state index contributed by atoms with van der Waals surface area (Å²) in [5, 5.41) is 4.72. The maximum absolute atomic E-state index is 11.2. The van der Waals surface area contributed by atoms with Crippen molar-refractivity contribution in [2.24, 2.45) is 0 Å². The third-order valence-electron chi connectivity index (χ3n) is 2.62. The van der Waals surface area contributed by atoms with Gasteiger partial charge in [0.1, 0.15) is 5.03 Å². The van der Waals surface area contributed by atoms with E-state index in [1.54, 1.807) is 6.20 Å². The van der Waals surface area contributed by atoms with Gasteiger partial charge in [-0.3, -0.25) is 4.79 Å². The highest BCUT2D eigenvalue weighted by atomic mass is 32.2. The van der Waals surface area contributed by atoms with Gasteiger partial charge in [-0.1, -0.05) is 6.92 Å². The number of hydrogen-bond acceptors (Lipinski definition) is 5. The van der Waals surface area contributed by atoms with Crippen LogP contribution < -0.4 is 10.9 Å². The van der Waals surface area contributed by atoms with Gasteiger partial charge < -0.3 is 10.3 Å². The molecule has 2 rings (SSSR count). The molecule has 100 valence electrons. The fourth-order valence-corrected chi connectivity index (χ4v) is 2.45. The monoisotopic (exact) mass is 276 g/mol. The lowest BCUT2D eigenvalue weighted by atomic mass is 10.1. The van der Waals surface area contributed by atoms with Crippen LogP contribution >= 0.6 is 11.8 Å². The Morgan fingerprint density at radius 2 is 2.16 bits per heavy atom. The fourth-order valence-electron chi connectivity index (χ4n) is 1.68. The van der Waals surface area contributed by atoms with Gasteiger partial charge in [0.15, 0.2) is 5.16 Å². The summed E-state index contributed by atoms with van der Waals surface area (Å²) >= 11 is 1.35. The van der Waals surface area contributed by atoms with Gasteiger partial charge in [-0.25, -0.2) is 9.97 Å². The number of aromatic amines is 1. The van der Waals surface area contributed by atoms with Crippen molar-refractivity contribution in [3.8, 4) is 0 Å². The molecular weight excluding hydrogens is 260 g/mol. The summed E-state index contributed by atoms with van der Waals surface area (Å²) < 4.78 is 0. The zero-order chi connectivity index (χ0) is 13.7. The number of nitrogens with one attached hydrogen (secondary N) is 2. The molecule has 2 N–H and O–H groups in total. The Balaban J connectivity index is 2.17. The summed E-state index contributed by atoms with van der Waals surface area (Å²) in [6.07, 6.45) is 3.26. The molecule has 5 nitrogen and oxygen atoms in total. The van der Waals surface area contributed by atoms with E-state index in [4.69, 9.17) is 0 Å². The quantitative estimate of drug-likeness (QED) is 0.817. The van der Waals surface area contributed by atoms with Crippen molar-refractivity contribution in [1.82, 2.24) is 20.3 Å². The predicted octanol–water partition coefficient (Wildman–Crippen LogP) is 1.99. The second-order valence-corrected chi connectivity index (χ2v) is 5.06. The van der Waals surface area contributed by atoms with Crippen LogP contribution in [0.3, 0.4) is 0 Å². The number of rotatable bonds is 5. The molecule has 1 unspecified atom stereocenters. The van der Waals surface area contributed by atoms with Crippen molar-refractivity contribution < 1.29 is 0 Å². The molecule has 0 aromatic carbocycles. The average Bonchev–Trinajstić information content (AvgIpc) is 2.39. The SMILES string of the molecule is CCNC(C)c1ccnc(Sc2nccc(=O)[nH]2)c1. The lowest BCUT2D eigenvalue weighted by molar-refractivity contribution is 0.596. The number of nitrogens with zero attached hydrogens (tertiary/aromatic N) is 2. The van der Waals surface area contributed by atoms with Crippen LogP contribution in [0.1, 0.15) is 25.5 Å². The third-order valence-corrected chi connectivity index (χ3v) is 3.45. The molecule has 0 aliphatic carbocycles. The van der Waals surface area contributed by atoms with Crippen molar-refractivity contribution in [3.63, 3.8) is 0 Å². The first-order valence-electron chi connectivity index (χ1n) is 6.11. The second-order valence-electron chi connectivity index (χ2n) is 4.05. The van der Waals surface area contributed by atoms with Crippen molar-refractivity contribution in [3.05, 3.63) is 46.5 Å². The Morgan fingerprint density at radius 3 is 2.89 bits per heavy atom. The summed E-state index contributed by atoms with van der Waals surface area (Å²) in [5.41, 5.74) is 1.01. The van der Waals surface area contributed by atoms with Crippen LogP contribution in [0.4, 0.5) is 0 Å². The van der Waals surface area contributed by atoms with Crippen LogP contribution in [-0.4, -0.2) is 21.5 Å². The molecule has 0 saturated heterocycles. The molecule has 0 saturated carbocycles. The van der Waals surface area contributed by atoms with Crippen LogP contribution in [0.5, 0.6) is 0 Å². The predicted molar refractivity (Wildman–Crippen MR) is 75.3 cm³/mol. The first-order valence-corrected chi connectivity index (χ1v) is 6.93. The molecule has 0 aliphatic rings. The Kier molecular flexibility index (Phi) is 4.70. The van der Waals surface area contributed by atoms with Gasteiger partial charge in [-0.05, 0) is 42.9 Å². The van der Waals surface area contributed by atoms with E-state index >= 15 is 0 Å². The smallest absolute Gasteiger partial charge is 0.251 e. The van der Waals surface area contributed by atoms with Gasteiger partial charge >= 0.3 is 0 Å². The highest BCUT2D eigenvalue weighted by molar-refractivity contribution is 7.99. The van der Waals surface area contributed by atoms with Crippen molar-refractivity contribution >= 4 is 11.8 Å². The summed E-state index contributed by atoms with van der Waals surface area (Å²) in [4.78, 5) is 22.2.